The lowest BCUT2D eigenvalue weighted by molar-refractivity contribution is -0.134. The van der Waals surface area contributed by atoms with E-state index >= 15 is 0 Å². The molecule has 1 saturated heterocycles. The van der Waals surface area contributed by atoms with Crippen molar-refractivity contribution in [3.8, 4) is 5.75 Å². The first-order chi connectivity index (χ1) is 12.5. The molecule has 1 fully saturated rings. The first kappa shape index (κ1) is 17.9. The number of ketones is 1. The summed E-state index contributed by atoms with van der Waals surface area (Å²) in [5.41, 5.74) is 2.49. The third-order valence-electron chi connectivity index (χ3n) is 4.38. The van der Waals surface area contributed by atoms with Crippen molar-refractivity contribution in [2.24, 2.45) is 0 Å². The fraction of sp³-hybridized carbons (Fsp3) is 0.286. The number of benzene rings is 2. The minimum Gasteiger partial charge on any atom is -0.427 e. The number of aryl methyl sites for hydroxylation is 1. The molecule has 0 aromatic heterocycles. The van der Waals surface area contributed by atoms with Gasteiger partial charge in [-0.15, -0.1) is 0 Å². The number of hydrogen-bond donors (Lipinski definition) is 0. The molecular weight excluding hydrogens is 330 g/mol. The number of carbonyl (C=O) groups is 3. The van der Waals surface area contributed by atoms with E-state index in [2.05, 4.69) is 0 Å². The number of anilines is 1. The van der Waals surface area contributed by atoms with Crippen molar-refractivity contribution in [3.63, 3.8) is 0 Å². The van der Waals surface area contributed by atoms with E-state index in [0.717, 1.165) is 24.2 Å². The third kappa shape index (κ3) is 4.36. The van der Waals surface area contributed by atoms with Crippen molar-refractivity contribution in [1.82, 2.24) is 0 Å². The molecule has 3 rings (SSSR count). The van der Waals surface area contributed by atoms with Crippen LogP contribution in [0.3, 0.4) is 0 Å². The van der Waals surface area contributed by atoms with Crippen molar-refractivity contribution in [3.05, 3.63) is 59.7 Å². The first-order valence-electron chi connectivity index (χ1n) is 8.74. The second-order valence-corrected chi connectivity index (χ2v) is 6.41. The van der Waals surface area contributed by atoms with Crippen LogP contribution < -0.4 is 9.64 Å². The van der Waals surface area contributed by atoms with Crippen LogP contribution in [0.1, 0.15) is 41.6 Å². The van der Waals surface area contributed by atoms with Gasteiger partial charge in [-0.3, -0.25) is 14.4 Å². The molecule has 1 aliphatic heterocycles. The summed E-state index contributed by atoms with van der Waals surface area (Å²) in [4.78, 5) is 37.5. The Kier molecular flexibility index (Phi) is 5.46. The maximum Gasteiger partial charge on any atom is 0.311 e. The van der Waals surface area contributed by atoms with Crippen LogP contribution in [-0.4, -0.2) is 24.2 Å². The quantitative estimate of drug-likeness (QED) is 0.452. The summed E-state index contributed by atoms with van der Waals surface area (Å²) in [6.45, 7) is 2.68. The molecule has 0 saturated carbocycles. The van der Waals surface area contributed by atoms with Gasteiger partial charge in [-0.05, 0) is 37.6 Å². The maximum absolute atomic E-state index is 12.1. The molecule has 134 valence electrons. The first-order valence-corrected chi connectivity index (χ1v) is 8.74. The maximum atomic E-state index is 12.1. The van der Waals surface area contributed by atoms with Crippen molar-refractivity contribution < 1.29 is 19.1 Å². The molecule has 2 aromatic carbocycles. The van der Waals surface area contributed by atoms with Crippen LogP contribution >= 0.6 is 0 Å². The van der Waals surface area contributed by atoms with Crippen LogP contribution in [0.5, 0.6) is 5.75 Å². The van der Waals surface area contributed by atoms with Crippen molar-refractivity contribution in [1.29, 1.82) is 0 Å². The van der Waals surface area contributed by atoms with E-state index in [1.807, 2.05) is 19.1 Å². The molecule has 0 N–H and O–H groups in total. The SMILES string of the molecule is Cc1ccc(C(=O)CCC(=O)Oc2ccc(N3CCCC3=O)cc2)cc1. The monoisotopic (exact) mass is 351 g/mol. The van der Waals surface area contributed by atoms with Gasteiger partial charge >= 0.3 is 5.97 Å². The Balaban J connectivity index is 1.50. The number of Topliss-reactive ketones (excluding diaryl/α,β-unsaturated/α-hetero) is 1. The molecule has 0 unspecified atom stereocenters. The van der Waals surface area contributed by atoms with E-state index in [1.165, 1.54) is 0 Å². The highest BCUT2D eigenvalue weighted by Gasteiger charge is 2.21. The number of hydrogen-bond acceptors (Lipinski definition) is 4. The van der Waals surface area contributed by atoms with E-state index in [0.29, 0.717) is 17.7 Å². The fourth-order valence-corrected chi connectivity index (χ4v) is 2.90. The summed E-state index contributed by atoms with van der Waals surface area (Å²) < 4.78 is 5.27. The fourth-order valence-electron chi connectivity index (χ4n) is 2.90. The van der Waals surface area contributed by atoms with E-state index in [-0.39, 0.29) is 24.5 Å². The normalized spacial score (nSPS) is 13.7. The van der Waals surface area contributed by atoms with Crippen LogP contribution in [0, 0.1) is 6.92 Å². The topological polar surface area (TPSA) is 63.7 Å². The molecular formula is C21H21NO4. The van der Waals surface area contributed by atoms with Crippen molar-refractivity contribution >= 4 is 23.3 Å². The van der Waals surface area contributed by atoms with Crippen LogP contribution in [-0.2, 0) is 9.59 Å². The van der Waals surface area contributed by atoms with Gasteiger partial charge in [0.1, 0.15) is 5.75 Å². The van der Waals surface area contributed by atoms with E-state index in [4.69, 9.17) is 4.74 Å². The Bertz CT molecular complexity index is 809. The van der Waals surface area contributed by atoms with Crippen LogP contribution in [0.4, 0.5) is 5.69 Å². The molecule has 1 heterocycles. The molecule has 26 heavy (non-hydrogen) atoms. The molecule has 0 spiro atoms. The smallest absolute Gasteiger partial charge is 0.311 e. The van der Waals surface area contributed by atoms with Gasteiger partial charge in [-0.2, -0.15) is 0 Å². The highest BCUT2D eigenvalue weighted by Crippen LogP contribution is 2.24. The largest absolute Gasteiger partial charge is 0.427 e. The lowest BCUT2D eigenvalue weighted by Crippen LogP contribution is -2.23. The highest BCUT2D eigenvalue weighted by atomic mass is 16.5. The molecule has 1 aliphatic rings. The van der Waals surface area contributed by atoms with E-state index < -0.39 is 5.97 Å². The number of amides is 1. The number of nitrogens with zero attached hydrogens (tertiary/aromatic N) is 1. The predicted octanol–water partition coefficient (Wildman–Crippen LogP) is 3.69. The van der Waals surface area contributed by atoms with Crippen molar-refractivity contribution in [2.75, 3.05) is 11.4 Å². The van der Waals surface area contributed by atoms with Gasteiger partial charge in [-0.1, -0.05) is 29.8 Å². The Hall–Kier alpha value is -2.95. The molecule has 5 nitrogen and oxygen atoms in total. The highest BCUT2D eigenvalue weighted by molar-refractivity contribution is 5.97. The van der Waals surface area contributed by atoms with Gasteiger partial charge < -0.3 is 9.64 Å². The summed E-state index contributed by atoms with van der Waals surface area (Å²) in [5, 5.41) is 0. The van der Waals surface area contributed by atoms with Gasteiger partial charge in [0.05, 0.1) is 6.42 Å². The molecule has 1 amide bonds. The van der Waals surface area contributed by atoms with Crippen LogP contribution in [0.2, 0.25) is 0 Å². The van der Waals surface area contributed by atoms with Crippen molar-refractivity contribution in [2.45, 2.75) is 32.6 Å². The second-order valence-electron chi connectivity index (χ2n) is 6.41. The Morgan fingerprint density at radius 3 is 2.31 bits per heavy atom. The average molecular weight is 351 g/mol. The minimum absolute atomic E-state index is 0.0269. The zero-order chi connectivity index (χ0) is 18.5. The van der Waals surface area contributed by atoms with Crippen LogP contribution in [0.15, 0.2) is 48.5 Å². The second kappa shape index (κ2) is 7.95. The third-order valence-corrected chi connectivity index (χ3v) is 4.38. The molecule has 5 heteroatoms. The number of rotatable bonds is 6. The minimum atomic E-state index is -0.449. The van der Waals surface area contributed by atoms with Gasteiger partial charge in [0.25, 0.3) is 0 Å². The van der Waals surface area contributed by atoms with E-state index in [1.54, 1.807) is 41.3 Å². The summed E-state index contributed by atoms with van der Waals surface area (Å²) in [6, 6.07) is 14.1. The summed E-state index contributed by atoms with van der Waals surface area (Å²) >= 11 is 0. The molecule has 0 radical (unpaired) electrons. The Morgan fingerprint density at radius 1 is 1.00 bits per heavy atom. The lowest BCUT2D eigenvalue weighted by atomic mass is 10.1. The van der Waals surface area contributed by atoms with Gasteiger partial charge in [-0.25, -0.2) is 0 Å². The van der Waals surface area contributed by atoms with Crippen LogP contribution in [0.25, 0.3) is 0 Å². The summed E-state index contributed by atoms with van der Waals surface area (Å²) in [6.07, 6.45) is 1.58. The summed E-state index contributed by atoms with van der Waals surface area (Å²) in [7, 11) is 0. The lowest BCUT2D eigenvalue weighted by Gasteiger charge is -2.15. The molecule has 0 bridgehead atoms. The van der Waals surface area contributed by atoms with E-state index in [9.17, 15) is 14.4 Å². The standard InChI is InChI=1S/C21H21NO4/c1-15-4-6-16(7-5-15)19(23)12-13-21(25)26-18-10-8-17(9-11-18)22-14-2-3-20(22)24/h4-11H,2-3,12-14H2,1H3. The van der Waals surface area contributed by atoms with Gasteiger partial charge in [0.15, 0.2) is 5.78 Å². The number of ether oxygens (including phenoxy) is 1. The van der Waals surface area contributed by atoms with Gasteiger partial charge in [0.2, 0.25) is 5.91 Å². The van der Waals surface area contributed by atoms with Gasteiger partial charge in [0, 0.05) is 30.6 Å². The number of esters is 1. The summed E-state index contributed by atoms with van der Waals surface area (Å²) in [5.74, 6) is -0.00199. The average Bonchev–Trinajstić information content (AvgIpc) is 3.07. The Morgan fingerprint density at radius 2 is 1.69 bits per heavy atom. The molecule has 0 aliphatic carbocycles. The number of carbonyl (C=O) groups excluding carboxylic acids is 3. The zero-order valence-electron chi connectivity index (χ0n) is 14.7. The Labute approximate surface area is 152 Å². The molecule has 2 aromatic rings. The zero-order valence-corrected chi connectivity index (χ0v) is 14.7. The predicted molar refractivity (Wildman–Crippen MR) is 98.4 cm³/mol. The molecule has 0 atom stereocenters.